The summed E-state index contributed by atoms with van der Waals surface area (Å²) in [5.74, 6) is -1.31. The highest BCUT2D eigenvalue weighted by atomic mass is 16.2. The lowest BCUT2D eigenvalue weighted by atomic mass is 10.0. The Kier molecular flexibility index (Phi) is 7.42. The van der Waals surface area contributed by atoms with Crippen molar-refractivity contribution < 1.29 is 19.2 Å². The van der Waals surface area contributed by atoms with Gasteiger partial charge in [-0.2, -0.15) is 0 Å². The fraction of sp³-hybridized carbons (Fsp3) is 0.172. The molecule has 0 radical (unpaired) electrons. The highest BCUT2D eigenvalue weighted by molar-refractivity contribution is 6.06. The second kappa shape index (κ2) is 11.1. The molecule has 4 aromatic rings. The van der Waals surface area contributed by atoms with Crippen molar-refractivity contribution in [1.82, 2.24) is 9.13 Å². The molecular weight excluding hydrogens is 524 g/mol. The van der Waals surface area contributed by atoms with Gasteiger partial charge in [-0.1, -0.05) is 12.1 Å². The second-order valence-corrected chi connectivity index (χ2v) is 9.78. The molecule has 1 aliphatic carbocycles. The molecule has 0 saturated carbocycles. The maximum atomic E-state index is 12.9. The number of carbonyl (C=O) groups is 4. The number of nitrogens with one attached hydrogen (secondary N) is 4. The van der Waals surface area contributed by atoms with Crippen LogP contribution in [0.4, 0.5) is 22.7 Å². The molecule has 0 fully saturated rings. The molecule has 2 aromatic heterocycles. The van der Waals surface area contributed by atoms with Crippen molar-refractivity contribution in [2.45, 2.75) is 6.42 Å². The first-order valence-corrected chi connectivity index (χ1v) is 12.9. The van der Waals surface area contributed by atoms with Gasteiger partial charge in [0.25, 0.3) is 11.8 Å². The Balaban J connectivity index is 1.27. The predicted octanol–water partition coefficient (Wildman–Crippen LogP) is 2.23. The summed E-state index contributed by atoms with van der Waals surface area (Å²) in [7, 11) is 3.44. The number of nitrogens with two attached hydrogens (primary N) is 2. The highest BCUT2D eigenvalue weighted by Gasteiger charge is 2.21. The first-order valence-electron chi connectivity index (χ1n) is 12.9. The molecule has 210 valence electrons. The zero-order valence-electron chi connectivity index (χ0n) is 22.6. The summed E-state index contributed by atoms with van der Waals surface area (Å²) >= 11 is 0. The summed E-state index contributed by atoms with van der Waals surface area (Å²) < 4.78 is 3.26. The van der Waals surface area contributed by atoms with Gasteiger partial charge in [0.15, 0.2) is 0 Å². The molecule has 41 heavy (non-hydrogen) atoms. The van der Waals surface area contributed by atoms with Crippen LogP contribution in [0.15, 0.2) is 60.9 Å². The number of benzene rings is 2. The van der Waals surface area contributed by atoms with Gasteiger partial charge in [0.05, 0.1) is 24.5 Å². The van der Waals surface area contributed by atoms with Gasteiger partial charge in [0.1, 0.15) is 11.4 Å². The van der Waals surface area contributed by atoms with Crippen LogP contribution < -0.4 is 32.7 Å². The lowest BCUT2D eigenvalue weighted by Gasteiger charge is -2.09. The van der Waals surface area contributed by atoms with Crippen LogP contribution in [0, 0.1) is 0 Å². The number of aryl methyl sites for hydroxylation is 2. The van der Waals surface area contributed by atoms with Gasteiger partial charge in [0, 0.05) is 37.9 Å². The van der Waals surface area contributed by atoms with E-state index in [-0.39, 0.29) is 36.7 Å². The van der Waals surface area contributed by atoms with Crippen molar-refractivity contribution >= 4 is 46.4 Å². The van der Waals surface area contributed by atoms with Crippen molar-refractivity contribution in [2.75, 3.05) is 34.4 Å². The molecule has 0 atom stereocenters. The van der Waals surface area contributed by atoms with E-state index in [1.807, 2.05) is 36.4 Å². The second-order valence-electron chi connectivity index (χ2n) is 9.78. The van der Waals surface area contributed by atoms with Crippen LogP contribution in [0.2, 0.25) is 0 Å². The van der Waals surface area contributed by atoms with E-state index in [9.17, 15) is 19.2 Å². The average molecular weight is 555 g/mol. The van der Waals surface area contributed by atoms with Crippen molar-refractivity contribution in [3.63, 3.8) is 0 Å². The zero-order valence-corrected chi connectivity index (χ0v) is 22.6. The molecule has 8 N–H and O–H groups in total. The lowest BCUT2D eigenvalue weighted by Crippen LogP contribution is -2.21. The maximum absolute atomic E-state index is 12.9. The van der Waals surface area contributed by atoms with Gasteiger partial charge in [0.2, 0.25) is 11.8 Å². The van der Waals surface area contributed by atoms with Gasteiger partial charge >= 0.3 is 0 Å². The van der Waals surface area contributed by atoms with E-state index in [0.717, 1.165) is 22.3 Å². The summed E-state index contributed by atoms with van der Waals surface area (Å²) in [5, 5.41) is 11.1. The van der Waals surface area contributed by atoms with Crippen molar-refractivity contribution in [3.8, 4) is 11.1 Å². The summed E-state index contributed by atoms with van der Waals surface area (Å²) in [6, 6.07) is 14.7. The molecule has 0 saturated heterocycles. The molecule has 5 rings (SSSR count). The number of rotatable bonds is 8. The lowest BCUT2D eigenvalue weighted by molar-refractivity contribution is -0.115. The van der Waals surface area contributed by atoms with E-state index >= 15 is 0 Å². The van der Waals surface area contributed by atoms with E-state index in [1.54, 1.807) is 47.8 Å². The quantitative estimate of drug-likeness (QED) is 0.171. The number of aromatic nitrogens is 2. The summed E-state index contributed by atoms with van der Waals surface area (Å²) in [6.07, 6.45) is 3.93. The fourth-order valence-corrected chi connectivity index (χ4v) is 4.90. The molecule has 2 heterocycles. The van der Waals surface area contributed by atoms with Crippen molar-refractivity contribution in [3.05, 3.63) is 83.4 Å². The third-order valence-corrected chi connectivity index (χ3v) is 6.81. The van der Waals surface area contributed by atoms with Crippen molar-refractivity contribution in [2.24, 2.45) is 25.6 Å². The van der Waals surface area contributed by atoms with Crippen molar-refractivity contribution in [1.29, 1.82) is 0 Å². The van der Waals surface area contributed by atoms with Gasteiger partial charge in [-0.3, -0.25) is 19.2 Å². The summed E-state index contributed by atoms with van der Waals surface area (Å²) in [4.78, 5) is 49.0. The fourth-order valence-electron chi connectivity index (χ4n) is 4.90. The number of hydrogen-bond donors (Lipinski definition) is 6. The number of nitrogens with zero attached hydrogens (tertiary/aromatic N) is 2. The first kappa shape index (κ1) is 27.4. The predicted molar refractivity (Wildman–Crippen MR) is 157 cm³/mol. The molecule has 1 aliphatic rings. The maximum Gasteiger partial charge on any atom is 0.272 e. The third kappa shape index (κ3) is 5.73. The summed E-state index contributed by atoms with van der Waals surface area (Å²) in [5.41, 5.74) is 17.9. The van der Waals surface area contributed by atoms with Crippen LogP contribution in [0.5, 0.6) is 0 Å². The molecule has 0 bridgehead atoms. The van der Waals surface area contributed by atoms with Gasteiger partial charge < -0.3 is 41.9 Å². The van der Waals surface area contributed by atoms with E-state index in [4.69, 9.17) is 11.5 Å². The standard InChI is InChI=1S/C29H30N8O4/c1-36-14-20(32-26(38)12-30)10-24(36)28(40)34-18-3-5-22-16(8-18)7-17-9-19(4-6-23(17)22)35-29(41)25-11-21(15-37(25)2)33-27(39)13-31/h3-6,8-11,14-15H,7,12-13,30-31H2,1-2H3,(H,32,38)(H,33,39)(H,34,40)(H,35,41). The van der Waals surface area contributed by atoms with Crippen LogP contribution >= 0.6 is 0 Å². The van der Waals surface area contributed by atoms with E-state index in [2.05, 4.69) is 21.3 Å². The molecule has 4 amide bonds. The van der Waals surface area contributed by atoms with Gasteiger partial charge in [-0.15, -0.1) is 0 Å². The summed E-state index contributed by atoms with van der Waals surface area (Å²) in [6.45, 7) is -0.294. The minimum atomic E-state index is -0.342. The highest BCUT2D eigenvalue weighted by Crippen LogP contribution is 2.39. The Morgan fingerprint density at radius 3 is 1.44 bits per heavy atom. The van der Waals surface area contributed by atoms with Crippen LogP contribution in [0.1, 0.15) is 32.1 Å². The Bertz CT molecular complexity index is 1580. The molecule has 0 unspecified atom stereocenters. The monoisotopic (exact) mass is 554 g/mol. The average Bonchev–Trinajstić information content (AvgIpc) is 3.61. The topological polar surface area (TPSA) is 178 Å². The minimum Gasteiger partial charge on any atom is -0.344 e. The van der Waals surface area contributed by atoms with Crippen LogP contribution in [-0.2, 0) is 30.1 Å². The number of fused-ring (bicyclic) bond motifs is 3. The molecule has 12 heteroatoms. The molecule has 0 spiro atoms. The Morgan fingerprint density at radius 2 is 1.05 bits per heavy atom. The van der Waals surface area contributed by atoms with E-state index in [1.165, 1.54) is 0 Å². The number of carbonyl (C=O) groups excluding carboxylic acids is 4. The number of anilines is 4. The third-order valence-electron chi connectivity index (χ3n) is 6.81. The molecule has 12 nitrogen and oxygen atoms in total. The zero-order chi connectivity index (χ0) is 29.3. The number of hydrogen-bond acceptors (Lipinski definition) is 6. The Labute approximate surface area is 235 Å². The van der Waals surface area contributed by atoms with E-state index < -0.39 is 0 Å². The smallest absolute Gasteiger partial charge is 0.272 e. The van der Waals surface area contributed by atoms with Gasteiger partial charge in [-0.25, -0.2) is 0 Å². The van der Waals surface area contributed by atoms with Crippen LogP contribution in [0.3, 0.4) is 0 Å². The largest absolute Gasteiger partial charge is 0.344 e. The molecule has 0 aliphatic heterocycles. The minimum absolute atomic E-state index is 0.147. The Morgan fingerprint density at radius 1 is 0.634 bits per heavy atom. The first-order chi connectivity index (χ1) is 19.6. The molecular formula is C29H30N8O4. The van der Waals surface area contributed by atoms with Gasteiger partial charge in [-0.05, 0) is 65.1 Å². The van der Waals surface area contributed by atoms with Crippen LogP contribution in [-0.4, -0.2) is 45.9 Å². The number of amides is 4. The normalized spacial score (nSPS) is 11.4. The Hall–Kier alpha value is -5.20. The van der Waals surface area contributed by atoms with E-state index in [0.29, 0.717) is 40.6 Å². The SMILES string of the molecule is Cn1cc(NC(=O)CN)cc1C(=O)Nc1ccc2c(c1)Cc1cc(NC(=O)c3cc(NC(=O)CN)cn3C)ccc1-2. The van der Waals surface area contributed by atoms with Crippen LogP contribution in [0.25, 0.3) is 11.1 Å². The molecule has 2 aromatic carbocycles.